The molecule has 3 aromatic carbocycles. The third kappa shape index (κ3) is 5.30. The highest BCUT2D eigenvalue weighted by Gasteiger charge is 2.36. The molecule has 0 fully saturated rings. The normalized spacial score (nSPS) is 16.0. The summed E-state index contributed by atoms with van der Waals surface area (Å²) in [6.07, 6.45) is 1.65. The molecule has 9 heteroatoms. The fourth-order valence-electron chi connectivity index (χ4n) is 3.87. The Morgan fingerprint density at radius 3 is 2.57 bits per heavy atom. The summed E-state index contributed by atoms with van der Waals surface area (Å²) in [7, 11) is 0. The molecule has 37 heavy (non-hydrogen) atoms. The van der Waals surface area contributed by atoms with E-state index >= 15 is 0 Å². The van der Waals surface area contributed by atoms with Crippen LogP contribution in [0.1, 0.15) is 23.6 Å². The highest BCUT2D eigenvalue weighted by molar-refractivity contribution is 8.17. The molecule has 5 rings (SSSR count). The molecule has 0 unspecified atom stereocenters. The molecule has 1 amide bonds. The summed E-state index contributed by atoms with van der Waals surface area (Å²) in [4.78, 5) is 18.8. The van der Waals surface area contributed by atoms with Gasteiger partial charge in [-0.3, -0.25) is 15.1 Å². The van der Waals surface area contributed by atoms with E-state index in [9.17, 15) is 4.79 Å². The van der Waals surface area contributed by atoms with E-state index in [1.807, 2.05) is 54.8 Å². The van der Waals surface area contributed by atoms with Crippen molar-refractivity contribution in [2.24, 2.45) is 4.99 Å². The highest BCUT2D eigenvalue weighted by Crippen LogP contribution is 2.38. The Bertz CT molecular complexity index is 1490. The van der Waals surface area contributed by atoms with E-state index in [4.69, 9.17) is 38.1 Å². The molecular formula is C28H21Cl2N3O3S. The fraction of sp³-hybridized carbons (Fsp3) is 0.107. The minimum Gasteiger partial charge on any atom is -0.490 e. The van der Waals surface area contributed by atoms with Crippen molar-refractivity contribution in [2.45, 2.75) is 13.5 Å². The molecule has 1 N–H and O–H groups in total. The maximum Gasteiger partial charge on any atom is 0.283 e. The summed E-state index contributed by atoms with van der Waals surface area (Å²) in [6, 6.07) is 20.4. The Labute approximate surface area is 228 Å². The van der Waals surface area contributed by atoms with Gasteiger partial charge < -0.3 is 9.47 Å². The fourth-order valence-corrected chi connectivity index (χ4v) is 5.08. The van der Waals surface area contributed by atoms with Gasteiger partial charge in [0.2, 0.25) is 0 Å². The maximum absolute atomic E-state index is 12.8. The molecule has 0 saturated heterocycles. The van der Waals surface area contributed by atoms with E-state index in [2.05, 4.69) is 4.99 Å². The van der Waals surface area contributed by atoms with E-state index < -0.39 is 5.91 Å². The minimum absolute atomic E-state index is 0.0769. The molecule has 0 aromatic heterocycles. The van der Waals surface area contributed by atoms with Crippen LogP contribution in [0.4, 0.5) is 0 Å². The van der Waals surface area contributed by atoms with Crippen LogP contribution in [0.25, 0.3) is 11.8 Å². The van der Waals surface area contributed by atoms with Crippen LogP contribution in [0.15, 0.2) is 82.7 Å². The van der Waals surface area contributed by atoms with Gasteiger partial charge in [0, 0.05) is 5.41 Å². The highest BCUT2D eigenvalue weighted by atomic mass is 35.5. The first-order chi connectivity index (χ1) is 17.9. The van der Waals surface area contributed by atoms with Gasteiger partial charge in [-0.25, -0.2) is 0 Å². The average Bonchev–Trinajstić information content (AvgIpc) is 3.32. The summed E-state index contributed by atoms with van der Waals surface area (Å²) < 4.78 is 11.8. The number of fused-ring (bicyclic) bond motifs is 1. The molecule has 3 aromatic rings. The Morgan fingerprint density at radius 1 is 1.00 bits per heavy atom. The lowest BCUT2D eigenvalue weighted by Crippen LogP contribution is -2.38. The number of halogens is 2. The number of amides is 1. The van der Waals surface area contributed by atoms with Gasteiger partial charge in [0.15, 0.2) is 16.7 Å². The number of carbonyl (C=O) groups excluding carboxylic acids is 1. The van der Waals surface area contributed by atoms with E-state index in [0.29, 0.717) is 38.9 Å². The first-order valence-corrected chi connectivity index (χ1v) is 13.1. The second-order valence-corrected chi connectivity index (χ2v) is 9.76. The van der Waals surface area contributed by atoms with Crippen LogP contribution in [0, 0.1) is 5.41 Å². The summed E-state index contributed by atoms with van der Waals surface area (Å²) in [5.41, 5.74) is 3.51. The van der Waals surface area contributed by atoms with E-state index in [-0.39, 0.29) is 18.0 Å². The van der Waals surface area contributed by atoms with Gasteiger partial charge in [0.1, 0.15) is 12.4 Å². The molecule has 186 valence electrons. The number of nitrogens with one attached hydrogen (secondary N) is 1. The van der Waals surface area contributed by atoms with Gasteiger partial charge in [-0.15, -0.1) is 0 Å². The van der Waals surface area contributed by atoms with Gasteiger partial charge in [0.25, 0.3) is 5.91 Å². The van der Waals surface area contributed by atoms with Crippen LogP contribution in [-0.2, 0) is 11.4 Å². The zero-order chi connectivity index (χ0) is 25.9. The van der Waals surface area contributed by atoms with E-state index in [1.165, 1.54) is 11.8 Å². The zero-order valence-electron chi connectivity index (χ0n) is 19.7. The van der Waals surface area contributed by atoms with Crippen molar-refractivity contribution in [3.63, 3.8) is 0 Å². The zero-order valence-corrected chi connectivity index (χ0v) is 22.0. The number of hydrogen-bond donors (Lipinski definition) is 1. The SMILES string of the molecule is CCOc1cc(/C=C2/C(=N)N3C(c4ccccc4)=CSC3=NC2=O)ccc1OCc1ccc(Cl)c(Cl)c1. The van der Waals surface area contributed by atoms with Crippen molar-refractivity contribution in [2.75, 3.05) is 6.61 Å². The standard InChI is InChI=1S/C28H21Cl2N3O3S/c1-2-35-25-14-17(9-11-24(25)36-15-18-8-10-21(29)22(30)13-18)12-20-26(31)33-23(19-6-4-3-5-7-19)16-37-28(33)32-27(20)34/h3-14,16,31H,2,15H2,1H3/b20-12-,31-26?. The number of amidine groups is 2. The van der Waals surface area contributed by atoms with Crippen LogP contribution in [0.3, 0.4) is 0 Å². The van der Waals surface area contributed by atoms with Gasteiger partial charge in [-0.1, -0.05) is 77.4 Å². The van der Waals surface area contributed by atoms with Crippen molar-refractivity contribution >= 4 is 63.6 Å². The molecule has 2 heterocycles. The molecule has 0 spiro atoms. The largest absolute Gasteiger partial charge is 0.490 e. The number of ether oxygens (including phenoxy) is 2. The molecule has 0 saturated carbocycles. The number of thioether (sulfide) groups is 1. The average molecular weight is 550 g/mol. The Kier molecular flexibility index (Phi) is 7.37. The van der Waals surface area contributed by atoms with Gasteiger partial charge in [-0.05, 0) is 54.0 Å². The third-order valence-electron chi connectivity index (χ3n) is 5.64. The van der Waals surface area contributed by atoms with Crippen LogP contribution >= 0.6 is 35.0 Å². The smallest absolute Gasteiger partial charge is 0.283 e. The number of hydrogen-bond acceptors (Lipinski definition) is 5. The second kappa shape index (κ2) is 10.8. The minimum atomic E-state index is -0.454. The molecule has 0 atom stereocenters. The van der Waals surface area contributed by atoms with Crippen molar-refractivity contribution in [1.82, 2.24) is 4.90 Å². The van der Waals surface area contributed by atoms with Gasteiger partial charge in [0.05, 0.1) is 27.9 Å². The van der Waals surface area contributed by atoms with Crippen LogP contribution in [0.2, 0.25) is 10.0 Å². The quantitative estimate of drug-likeness (QED) is 0.313. The maximum atomic E-state index is 12.8. The van der Waals surface area contributed by atoms with Crippen molar-refractivity contribution in [1.29, 1.82) is 5.41 Å². The van der Waals surface area contributed by atoms with Gasteiger partial charge in [-0.2, -0.15) is 4.99 Å². The number of nitrogens with zero attached hydrogens (tertiary/aromatic N) is 2. The van der Waals surface area contributed by atoms with Crippen LogP contribution < -0.4 is 9.47 Å². The Morgan fingerprint density at radius 2 is 1.81 bits per heavy atom. The summed E-state index contributed by atoms with van der Waals surface area (Å²) in [6.45, 7) is 2.59. The monoisotopic (exact) mass is 549 g/mol. The molecule has 2 aliphatic heterocycles. The topological polar surface area (TPSA) is 75.0 Å². The third-order valence-corrected chi connectivity index (χ3v) is 7.21. The second-order valence-electron chi connectivity index (χ2n) is 8.10. The first kappa shape index (κ1) is 25.1. The van der Waals surface area contributed by atoms with Crippen molar-refractivity contribution in [3.8, 4) is 11.5 Å². The molecule has 0 bridgehead atoms. The van der Waals surface area contributed by atoms with Crippen molar-refractivity contribution in [3.05, 3.63) is 104 Å². The van der Waals surface area contributed by atoms with Crippen LogP contribution in [-0.4, -0.2) is 28.4 Å². The van der Waals surface area contributed by atoms with Crippen LogP contribution in [0.5, 0.6) is 11.5 Å². The van der Waals surface area contributed by atoms with Gasteiger partial charge >= 0.3 is 0 Å². The molecule has 0 radical (unpaired) electrons. The summed E-state index contributed by atoms with van der Waals surface area (Å²) in [5.74, 6) is 0.695. The van der Waals surface area contributed by atoms with E-state index in [1.54, 1.807) is 35.2 Å². The Hall–Kier alpha value is -3.52. The molecule has 2 aliphatic rings. The Balaban J connectivity index is 1.41. The predicted molar refractivity (Wildman–Crippen MR) is 150 cm³/mol. The number of carbonyl (C=O) groups is 1. The summed E-state index contributed by atoms with van der Waals surface area (Å²) in [5, 5.41) is 12.2. The molecule has 6 nitrogen and oxygen atoms in total. The van der Waals surface area contributed by atoms with E-state index in [0.717, 1.165) is 16.8 Å². The lowest BCUT2D eigenvalue weighted by atomic mass is 10.1. The summed E-state index contributed by atoms with van der Waals surface area (Å²) >= 11 is 13.4. The predicted octanol–water partition coefficient (Wildman–Crippen LogP) is 7.28. The molecular weight excluding hydrogens is 529 g/mol. The van der Waals surface area contributed by atoms with Crippen molar-refractivity contribution < 1.29 is 14.3 Å². The lowest BCUT2D eigenvalue weighted by molar-refractivity contribution is -0.114. The first-order valence-electron chi connectivity index (χ1n) is 11.4. The number of rotatable bonds is 7. The number of benzene rings is 3. The molecule has 0 aliphatic carbocycles. The number of aliphatic imine (C=N–C) groups is 1. The lowest BCUT2D eigenvalue weighted by Gasteiger charge is -2.27.